The Kier molecular flexibility index (Phi) is 4.53. The first-order valence-corrected chi connectivity index (χ1v) is 6.90. The number of amides is 1. The Balaban J connectivity index is 2.11. The number of hydrogen-bond donors (Lipinski definition) is 0. The zero-order chi connectivity index (χ0) is 13.0. The zero-order valence-electron chi connectivity index (χ0n) is 10.6. The highest BCUT2D eigenvalue weighted by molar-refractivity contribution is 6.29. The van der Waals surface area contributed by atoms with Crippen LogP contribution < -0.4 is 0 Å². The predicted octanol–water partition coefficient (Wildman–Crippen LogP) is 2.92. The van der Waals surface area contributed by atoms with Crippen LogP contribution in [0.25, 0.3) is 0 Å². The summed E-state index contributed by atoms with van der Waals surface area (Å²) in [5, 5.41) is 7.91. The lowest BCUT2D eigenvalue weighted by atomic mass is 9.94. The van der Waals surface area contributed by atoms with E-state index in [4.69, 9.17) is 11.6 Å². The summed E-state index contributed by atoms with van der Waals surface area (Å²) in [6, 6.07) is 3.60. The quantitative estimate of drug-likeness (QED) is 0.846. The number of rotatable bonds is 3. The van der Waals surface area contributed by atoms with E-state index in [1.54, 1.807) is 12.1 Å². The van der Waals surface area contributed by atoms with Gasteiger partial charge in [0, 0.05) is 12.6 Å². The van der Waals surface area contributed by atoms with Crippen LogP contribution in [0.1, 0.15) is 49.5 Å². The predicted molar refractivity (Wildman–Crippen MR) is 70.6 cm³/mol. The minimum Gasteiger partial charge on any atom is -0.335 e. The Morgan fingerprint density at radius 1 is 1.33 bits per heavy atom. The highest BCUT2D eigenvalue weighted by Gasteiger charge is 2.25. The fraction of sp³-hybridized carbons (Fsp3) is 0.615. The van der Waals surface area contributed by atoms with Crippen LogP contribution in [-0.4, -0.2) is 33.6 Å². The van der Waals surface area contributed by atoms with E-state index in [0.29, 0.717) is 23.4 Å². The van der Waals surface area contributed by atoms with Gasteiger partial charge in [-0.2, -0.15) is 0 Å². The molecular formula is C13H18ClN3O. The van der Waals surface area contributed by atoms with Crippen molar-refractivity contribution < 1.29 is 4.79 Å². The van der Waals surface area contributed by atoms with Crippen LogP contribution >= 0.6 is 11.6 Å². The van der Waals surface area contributed by atoms with Crippen LogP contribution in [0.5, 0.6) is 0 Å². The van der Waals surface area contributed by atoms with Crippen LogP contribution in [0.15, 0.2) is 12.1 Å². The molecule has 4 nitrogen and oxygen atoms in total. The summed E-state index contributed by atoms with van der Waals surface area (Å²) < 4.78 is 0. The number of halogens is 1. The molecule has 5 heteroatoms. The third-order valence-corrected chi connectivity index (χ3v) is 3.67. The maximum absolute atomic E-state index is 12.4. The highest BCUT2D eigenvalue weighted by atomic mass is 35.5. The second kappa shape index (κ2) is 6.14. The summed E-state index contributed by atoms with van der Waals surface area (Å²) in [5.41, 5.74) is 0.381. The smallest absolute Gasteiger partial charge is 0.274 e. The van der Waals surface area contributed by atoms with E-state index in [0.717, 1.165) is 12.8 Å². The van der Waals surface area contributed by atoms with Gasteiger partial charge in [-0.1, -0.05) is 30.9 Å². The van der Waals surface area contributed by atoms with E-state index in [1.165, 1.54) is 19.3 Å². The molecule has 1 aromatic heterocycles. The Bertz CT molecular complexity index is 401. The van der Waals surface area contributed by atoms with Crippen molar-refractivity contribution in [3.63, 3.8) is 0 Å². The Morgan fingerprint density at radius 2 is 2.06 bits per heavy atom. The molecule has 0 aliphatic heterocycles. The third-order valence-electron chi connectivity index (χ3n) is 3.47. The molecule has 1 aromatic rings. The SMILES string of the molecule is CCN(C(=O)c1ccc(Cl)nn1)C1CCCCC1. The summed E-state index contributed by atoms with van der Waals surface area (Å²) in [6.45, 7) is 2.73. The summed E-state index contributed by atoms with van der Waals surface area (Å²) in [6.07, 6.45) is 5.89. The molecule has 0 saturated heterocycles. The topological polar surface area (TPSA) is 46.1 Å². The first kappa shape index (κ1) is 13.3. The molecule has 0 radical (unpaired) electrons. The minimum atomic E-state index is -0.0337. The Labute approximate surface area is 112 Å². The number of carbonyl (C=O) groups is 1. The van der Waals surface area contributed by atoms with Gasteiger partial charge in [0.15, 0.2) is 10.8 Å². The molecule has 0 aromatic carbocycles. The van der Waals surface area contributed by atoms with E-state index < -0.39 is 0 Å². The second-order valence-corrected chi connectivity index (χ2v) is 5.01. The van der Waals surface area contributed by atoms with Crippen molar-refractivity contribution in [1.82, 2.24) is 15.1 Å². The van der Waals surface area contributed by atoms with Gasteiger partial charge in [-0.3, -0.25) is 4.79 Å². The van der Waals surface area contributed by atoms with Crippen molar-refractivity contribution in [1.29, 1.82) is 0 Å². The number of nitrogens with zero attached hydrogens (tertiary/aromatic N) is 3. The van der Waals surface area contributed by atoms with Crippen molar-refractivity contribution in [2.45, 2.75) is 45.1 Å². The molecule has 1 aliphatic carbocycles. The number of carbonyl (C=O) groups excluding carboxylic acids is 1. The first-order valence-electron chi connectivity index (χ1n) is 6.52. The van der Waals surface area contributed by atoms with Gasteiger partial charge in [-0.25, -0.2) is 0 Å². The molecule has 0 unspecified atom stereocenters. The Hall–Kier alpha value is -1.16. The maximum Gasteiger partial charge on any atom is 0.274 e. The van der Waals surface area contributed by atoms with Crippen LogP contribution in [0.3, 0.4) is 0 Å². The van der Waals surface area contributed by atoms with Gasteiger partial charge < -0.3 is 4.90 Å². The molecule has 1 aliphatic rings. The lowest BCUT2D eigenvalue weighted by Crippen LogP contribution is -2.41. The third kappa shape index (κ3) is 2.99. The molecule has 18 heavy (non-hydrogen) atoms. The molecule has 1 fully saturated rings. The molecule has 98 valence electrons. The zero-order valence-corrected chi connectivity index (χ0v) is 11.4. The van der Waals surface area contributed by atoms with Crippen LogP contribution in [0.4, 0.5) is 0 Å². The van der Waals surface area contributed by atoms with E-state index in [1.807, 2.05) is 11.8 Å². The van der Waals surface area contributed by atoms with Crippen LogP contribution in [-0.2, 0) is 0 Å². The summed E-state index contributed by atoms with van der Waals surface area (Å²) in [7, 11) is 0. The highest BCUT2D eigenvalue weighted by Crippen LogP contribution is 2.23. The van der Waals surface area contributed by atoms with Crippen molar-refractivity contribution in [2.75, 3.05) is 6.54 Å². The summed E-state index contributed by atoms with van der Waals surface area (Å²) >= 11 is 5.68. The monoisotopic (exact) mass is 267 g/mol. The lowest BCUT2D eigenvalue weighted by molar-refractivity contribution is 0.0640. The average molecular weight is 268 g/mol. The van der Waals surface area contributed by atoms with Gasteiger partial charge in [0.05, 0.1) is 0 Å². The molecule has 1 amide bonds. The van der Waals surface area contributed by atoms with E-state index in [9.17, 15) is 4.79 Å². The number of hydrogen-bond acceptors (Lipinski definition) is 3. The molecule has 0 N–H and O–H groups in total. The molecule has 0 bridgehead atoms. The maximum atomic E-state index is 12.4. The van der Waals surface area contributed by atoms with Crippen molar-refractivity contribution in [3.8, 4) is 0 Å². The second-order valence-electron chi connectivity index (χ2n) is 4.62. The van der Waals surface area contributed by atoms with Gasteiger partial charge >= 0.3 is 0 Å². The largest absolute Gasteiger partial charge is 0.335 e. The lowest BCUT2D eigenvalue weighted by Gasteiger charge is -2.33. The van der Waals surface area contributed by atoms with E-state index in [-0.39, 0.29) is 5.91 Å². The van der Waals surface area contributed by atoms with E-state index in [2.05, 4.69) is 10.2 Å². The van der Waals surface area contributed by atoms with Crippen molar-refractivity contribution >= 4 is 17.5 Å². The van der Waals surface area contributed by atoms with Gasteiger partial charge in [-0.15, -0.1) is 10.2 Å². The Morgan fingerprint density at radius 3 is 2.61 bits per heavy atom. The molecule has 0 spiro atoms. The summed E-state index contributed by atoms with van der Waals surface area (Å²) in [4.78, 5) is 14.3. The van der Waals surface area contributed by atoms with Crippen molar-refractivity contribution in [3.05, 3.63) is 23.0 Å². The normalized spacial score (nSPS) is 16.6. The molecule has 1 heterocycles. The van der Waals surface area contributed by atoms with Crippen molar-refractivity contribution in [2.24, 2.45) is 0 Å². The van der Waals surface area contributed by atoms with Gasteiger partial charge in [0.1, 0.15) is 0 Å². The summed E-state index contributed by atoms with van der Waals surface area (Å²) in [5.74, 6) is -0.0337. The fourth-order valence-electron chi connectivity index (χ4n) is 2.54. The van der Waals surface area contributed by atoms with Gasteiger partial charge in [0.2, 0.25) is 0 Å². The standard InChI is InChI=1S/C13H18ClN3O/c1-2-17(10-6-4-3-5-7-10)13(18)11-8-9-12(14)16-15-11/h8-10H,2-7H2,1H3. The average Bonchev–Trinajstić information content (AvgIpc) is 2.41. The fourth-order valence-corrected chi connectivity index (χ4v) is 2.64. The molecular weight excluding hydrogens is 250 g/mol. The van der Waals surface area contributed by atoms with E-state index >= 15 is 0 Å². The first-order chi connectivity index (χ1) is 8.72. The molecule has 0 atom stereocenters. The van der Waals surface area contributed by atoms with Gasteiger partial charge in [-0.05, 0) is 31.9 Å². The minimum absolute atomic E-state index is 0.0337. The van der Waals surface area contributed by atoms with Crippen LogP contribution in [0.2, 0.25) is 5.15 Å². The molecule has 1 saturated carbocycles. The molecule has 2 rings (SSSR count). The van der Waals surface area contributed by atoms with Crippen LogP contribution in [0, 0.1) is 0 Å². The number of aromatic nitrogens is 2. The van der Waals surface area contributed by atoms with Gasteiger partial charge in [0.25, 0.3) is 5.91 Å².